The number of aliphatic imine (C=N–C) groups is 1. The molecular formula is C24H22IN3O2S. The van der Waals surface area contributed by atoms with Gasteiger partial charge in [-0.3, -0.25) is 4.79 Å². The van der Waals surface area contributed by atoms with E-state index in [1.54, 1.807) is 7.11 Å². The molecule has 0 aliphatic carbocycles. The Bertz CT molecular complexity index is 1230. The molecule has 5 nitrogen and oxygen atoms in total. The summed E-state index contributed by atoms with van der Waals surface area (Å²) in [6, 6.07) is 16.0. The molecule has 1 amide bonds. The number of hydrogen-bond donors (Lipinski definition) is 1. The van der Waals surface area contributed by atoms with Gasteiger partial charge in [0.05, 0.1) is 17.7 Å². The van der Waals surface area contributed by atoms with E-state index in [4.69, 9.17) is 4.74 Å². The molecule has 3 aromatic rings. The molecule has 0 spiro atoms. The van der Waals surface area contributed by atoms with Gasteiger partial charge in [0, 0.05) is 20.6 Å². The zero-order valence-corrected chi connectivity index (χ0v) is 20.7. The Balaban J connectivity index is 1.62. The van der Waals surface area contributed by atoms with Crippen LogP contribution in [0.2, 0.25) is 0 Å². The van der Waals surface area contributed by atoms with Gasteiger partial charge in [0.15, 0.2) is 5.17 Å². The third-order valence-corrected chi connectivity index (χ3v) is 7.23. The van der Waals surface area contributed by atoms with Crippen LogP contribution in [-0.2, 0) is 4.79 Å². The SMILES string of the molecule is COc1ccc(N=C2NC(=O)/C(=C/c3cc(C)n(-c4ccc(I)c(C)c4)c3C)S2)cc1. The van der Waals surface area contributed by atoms with Crippen molar-refractivity contribution < 1.29 is 9.53 Å². The minimum Gasteiger partial charge on any atom is -0.497 e. The van der Waals surface area contributed by atoms with Crippen molar-refractivity contribution in [1.82, 2.24) is 9.88 Å². The number of aromatic nitrogens is 1. The Labute approximate surface area is 199 Å². The largest absolute Gasteiger partial charge is 0.497 e. The molecule has 31 heavy (non-hydrogen) atoms. The van der Waals surface area contributed by atoms with Gasteiger partial charge >= 0.3 is 0 Å². The lowest BCUT2D eigenvalue weighted by Gasteiger charge is -2.11. The molecule has 2 heterocycles. The fourth-order valence-electron chi connectivity index (χ4n) is 3.49. The average Bonchev–Trinajstić information content (AvgIpc) is 3.23. The van der Waals surface area contributed by atoms with Crippen LogP contribution in [0.25, 0.3) is 11.8 Å². The first-order valence-electron chi connectivity index (χ1n) is 9.75. The lowest BCUT2D eigenvalue weighted by molar-refractivity contribution is -0.115. The summed E-state index contributed by atoms with van der Waals surface area (Å²) < 4.78 is 8.64. The van der Waals surface area contributed by atoms with E-state index in [-0.39, 0.29) is 5.91 Å². The highest BCUT2D eigenvalue weighted by Gasteiger charge is 2.24. The van der Waals surface area contributed by atoms with E-state index in [0.29, 0.717) is 10.1 Å². The molecule has 4 rings (SSSR count). The van der Waals surface area contributed by atoms with Gasteiger partial charge in [0.1, 0.15) is 5.75 Å². The number of methoxy groups -OCH3 is 1. The number of nitrogens with one attached hydrogen (secondary N) is 1. The summed E-state index contributed by atoms with van der Waals surface area (Å²) in [7, 11) is 1.63. The van der Waals surface area contributed by atoms with Gasteiger partial charge in [-0.2, -0.15) is 0 Å². The fourth-order valence-corrected chi connectivity index (χ4v) is 4.66. The van der Waals surface area contributed by atoms with E-state index in [0.717, 1.165) is 34.1 Å². The van der Waals surface area contributed by atoms with Crippen LogP contribution in [0.3, 0.4) is 0 Å². The number of thioether (sulfide) groups is 1. The topological polar surface area (TPSA) is 55.6 Å². The molecule has 0 radical (unpaired) electrons. The Morgan fingerprint density at radius 2 is 1.84 bits per heavy atom. The fraction of sp³-hybridized carbons (Fsp3) is 0.167. The standard InChI is InChI=1S/C24H22IN3O2S/c1-14-11-19(7-10-21(14)25)28-15(2)12-17(16(28)3)13-22-23(29)27-24(31-22)26-18-5-8-20(30-4)9-6-18/h5-13H,1-4H3,(H,26,27,29)/b22-13-. The highest BCUT2D eigenvalue weighted by molar-refractivity contribution is 14.1. The van der Waals surface area contributed by atoms with Crippen molar-refractivity contribution in [3.05, 3.63) is 79.5 Å². The first kappa shape index (κ1) is 21.7. The van der Waals surface area contributed by atoms with Crippen molar-refractivity contribution >= 4 is 57.2 Å². The van der Waals surface area contributed by atoms with Crippen LogP contribution in [0, 0.1) is 24.3 Å². The predicted molar refractivity (Wildman–Crippen MR) is 136 cm³/mol. The molecule has 1 aliphatic rings. The van der Waals surface area contributed by atoms with Crippen LogP contribution in [0.5, 0.6) is 5.75 Å². The quantitative estimate of drug-likeness (QED) is 0.329. The number of nitrogens with zero attached hydrogens (tertiary/aromatic N) is 2. The van der Waals surface area contributed by atoms with Crippen molar-refractivity contribution in [3.63, 3.8) is 0 Å². The minimum atomic E-state index is -0.132. The molecular weight excluding hydrogens is 521 g/mol. The van der Waals surface area contributed by atoms with Crippen molar-refractivity contribution in [1.29, 1.82) is 0 Å². The van der Waals surface area contributed by atoms with E-state index in [9.17, 15) is 4.79 Å². The summed E-state index contributed by atoms with van der Waals surface area (Å²) in [5, 5.41) is 3.43. The highest BCUT2D eigenvalue weighted by atomic mass is 127. The van der Waals surface area contributed by atoms with Crippen molar-refractivity contribution in [2.24, 2.45) is 4.99 Å². The number of rotatable bonds is 4. The van der Waals surface area contributed by atoms with Gasteiger partial charge in [-0.05, 0) is 121 Å². The summed E-state index contributed by atoms with van der Waals surface area (Å²) in [6.45, 7) is 6.28. The number of carbonyl (C=O) groups is 1. The normalized spacial score (nSPS) is 16.2. The summed E-state index contributed by atoms with van der Waals surface area (Å²) in [5.41, 5.74) is 6.38. The molecule has 0 bridgehead atoms. The molecule has 1 fully saturated rings. The van der Waals surface area contributed by atoms with E-state index in [2.05, 4.69) is 82.5 Å². The van der Waals surface area contributed by atoms with Gasteiger partial charge in [0.2, 0.25) is 0 Å². The Morgan fingerprint density at radius 1 is 1.10 bits per heavy atom. The van der Waals surface area contributed by atoms with E-state index in [1.165, 1.54) is 20.9 Å². The second kappa shape index (κ2) is 8.92. The van der Waals surface area contributed by atoms with Crippen LogP contribution in [-0.4, -0.2) is 22.8 Å². The van der Waals surface area contributed by atoms with Gasteiger partial charge in [-0.25, -0.2) is 4.99 Å². The lowest BCUT2D eigenvalue weighted by Crippen LogP contribution is -2.19. The Hall–Kier alpha value is -2.52. The number of amides is 1. The van der Waals surface area contributed by atoms with E-state index < -0.39 is 0 Å². The minimum absolute atomic E-state index is 0.132. The molecule has 0 atom stereocenters. The van der Waals surface area contributed by atoms with Crippen LogP contribution in [0.4, 0.5) is 5.69 Å². The monoisotopic (exact) mass is 543 g/mol. The maximum Gasteiger partial charge on any atom is 0.264 e. The van der Waals surface area contributed by atoms with E-state index >= 15 is 0 Å². The Morgan fingerprint density at radius 3 is 2.52 bits per heavy atom. The van der Waals surface area contributed by atoms with Crippen molar-refractivity contribution in [3.8, 4) is 11.4 Å². The van der Waals surface area contributed by atoms with Gasteiger partial charge < -0.3 is 14.6 Å². The van der Waals surface area contributed by atoms with Gasteiger partial charge in [-0.15, -0.1) is 0 Å². The molecule has 1 aliphatic heterocycles. The maximum absolute atomic E-state index is 12.5. The number of carbonyl (C=O) groups excluding carboxylic acids is 1. The molecule has 0 saturated carbocycles. The second-order valence-corrected chi connectivity index (χ2v) is 9.47. The maximum atomic E-state index is 12.5. The van der Waals surface area contributed by atoms with Gasteiger partial charge in [0.25, 0.3) is 5.91 Å². The van der Waals surface area contributed by atoms with Crippen molar-refractivity contribution in [2.75, 3.05) is 7.11 Å². The first-order chi connectivity index (χ1) is 14.9. The van der Waals surface area contributed by atoms with Crippen LogP contribution < -0.4 is 10.1 Å². The molecule has 158 valence electrons. The van der Waals surface area contributed by atoms with Crippen LogP contribution in [0.15, 0.2) is 58.4 Å². The smallest absolute Gasteiger partial charge is 0.264 e. The van der Waals surface area contributed by atoms with Crippen LogP contribution >= 0.6 is 34.4 Å². The lowest BCUT2D eigenvalue weighted by atomic mass is 10.2. The molecule has 7 heteroatoms. The van der Waals surface area contributed by atoms with Crippen LogP contribution in [0.1, 0.15) is 22.5 Å². The second-order valence-electron chi connectivity index (χ2n) is 7.28. The number of benzene rings is 2. The summed E-state index contributed by atoms with van der Waals surface area (Å²) in [4.78, 5) is 17.7. The number of halogens is 1. The summed E-state index contributed by atoms with van der Waals surface area (Å²) in [5.74, 6) is 0.637. The molecule has 1 saturated heterocycles. The van der Waals surface area contributed by atoms with E-state index in [1.807, 2.05) is 30.3 Å². The summed E-state index contributed by atoms with van der Waals surface area (Å²) >= 11 is 3.70. The van der Waals surface area contributed by atoms with Gasteiger partial charge in [-0.1, -0.05) is 0 Å². The third kappa shape index (κ3) is 4.57. The first-order valence-corrected chi connectivity index (χ1v) is 11.6. The number of hydrogen-bond acceptors (Lipinski definition) is 4. The molecule has 0 unspecified atom stereocenters. The number of aryl methyl sites for hydroxylation is 2. The molecule has 1 N–H and O–H groups in total. The summed E-state index contributed by atoms with van der Waals surface area (Å²) in [6.07, 6.45) is 1.94. The predicted octanol–water partition coefficient (Wildman–Crippen LogP) is 5.91. The zero-order chi connectivity index (χ0) is 22.1. The Kier molecular flexibility index (Phi) is 6.24. The third-order valence-electron chi connectivity index (χ3n) is 5.11. The zero-order valence-electron chi connectivity index (χ0n) is 17.7. The number of ether oxygens (including phenoxy) is 1. The average molecular weight is 543 g/mol. The van der Waals surface area contributed by atoms with Crippen molar-refractivity contribution in [2.45, 2.75) is 20.8 Å². The molecule has 1 aromatic heterocycles. The number of amidine groups is 1. The molecule has 2 aromatic carbocycles. The highest BCUT2D eigenvalue weighted by Crippen LogP contribution is 2.31.